The van der Waals surface area contributed by atoms with Crippen molar-refractivity contribution in [1.29, 1.82) is 0 Å². The van der Waals surface area contributed by atoms with Crippen LogP contribution in [0.3, 0.4) is 0 Å². The Morgan fingerprint density at radius 1 is 0.933 bits per heavy atom. The van der Waals surface area contributed by atoms with Crippen molar-refractivity contribution in [2.75, 3.05) is 6.61 Å². The van der Waals surface area contributed by atoms with E-state index in [0.29, 0.717) is 24.5 Å². The van der Waals surface area contributed by atoms with E-state index in [4.69, 9.17) is 14.6 Å². The summed E-state index contributed by atoms with van der Waals surface area (Å²) in [4.78, 5) is 11.1. The monoisotopic (exact) mass is 404 g/mol. The summed E-state index contributed by atoms with van der Waals surface area (Å²) in [6.07, 6.45) is 2.55. The van der Waals surface area contributed by atoms with E-state index < -0.39 is 5.97 Å². The number of carbonyl (C=O) groups is 1. The van der Waals surface area contributed by atoms with Crippen LogP contribution in [0.1, 0.15) is 37.3 Å². The number of ether oxygens (including phenoxy) is 2. The Bertz CT molecular complexity index is 977. The summed E-state index contributed by atoms with van der Waals surface area (Å²) in [5.41, 5.74) is 4.19. The van der Waals surface area contributed by atoms with Crippen LogP contribution in [0.5, 0.6) is 17.2 Å². The second-order valence-electron chi connectivity index (χ2n) is 7.36. The first-order chi connectivity index (χ1) is 14.5. The van der Waals surface area contributed by atoms with Crippen molar-refractivity contribution in [2.24, 2.45) is 0 Å². The van der Waals surface area contributed by atoms with E-state index in [9.17, 15) is 4.79 Å². The Kier molecular flexibility index (Phi) is 7.50. The highest BCUT2D eigenvalue weighted by Gasteiger charge is 2.11. The SMILES string of the molecule is CCCCOc1cccc(Oc2cc(-c3ccc(C)cc3)ccc2CCC(=O)O)c1. The van der Waals surface area contributed by atoms with Crippen molar-refractivity contribution in [3.63, 3.8) is 0 Å². The van der Waals surface area contributed by atoms with Crippen molar-refractivity contribution in [1.82, 2.24) is 0 Å². The molecule has 0 radical (unpaired) electrons. The molecule has 1 N–H and O–H groups in total. The van der Waals surface area contributed by atoms with Crippen LogP contribution in [0.25, 0.3) is 11.1 Å². The van der Waals surface area contributed by atoms with Crippen molar-refractivity contribution in [3.05, 3.63) is 77.9 Å². The fraction of sp³-hybridized carbons (Fsp3) is 0.269. The molecule has 4 nitrogen and oxygen atoms in total. The molecule has 3 aromatic rings. The molecule has 0 unspecified atom stereocenters. The standard InChI is InChI=1S/C26H28O4/c1-3-4-16-29-23-6-5-7-24(18-23)30-25-17-22(20-10-8-19(2)9-11-20)13-12-21(25)14-15-26(27)28/h5-13,17-18H,3-4,14-16H2,1-2H3,(H,27,28). The van der Waals surface area contributed by atoms with E-state index in [1.807, 2.05) is 42.5 Å². The summed E-state index contributed by atoms with van der Waals surface area (Å²) in [6, 6.07) is 21.8. The average molecular weight is 405 g/mol. The quantitative estimate of drug-likeness (QED) is 0.384. The second-order valence-corrected chi connectivity index (χ2v) is 7.36. The lowest BCUT2D eigenvalue weighted by Gasteiger charge is -2.14. The maximum Gasteiger partial charge on any atom is 0.303 e. The minimum Gasteiger partial charge on any atom is -0.493 e. The lowest BCUT2D eigenvalue weighted by Crippen LogP contribution is -2.00. The topological polar surface area (TPSA) is 55.8 Å². The number of aryl methyl sites for hydroxylation is 2. The minimum atomic E-state index is -0.824. The van der Waals surface area contributed by atoms with Gasteiger partial charge in [-0.3, -0.25) is 4.79 Å². The zero-order valence-corrected chi connectivity index (χ0v) is 17.6. The Hall–Kier alpha value is -3.27. The fourth-order valence-electron chi connectivity index (χ4n) is 3.11. The van der Waals surface area contributed by atoms with E-state index in [1.54, 1.807) is 0 Å². The van der Waals surface area contributed by atoms with Crippen LogP contribution < -0.4 is 9.47 Å². The summed E-state index contributed by atoms with van der Waals surface area (Å²) in [5.74, 6) is 1.28. The third kappa shape index (κ3) is 6.11. The van der Waals surface area contributed by atoms with Crippen molar-refractivity contribution in [3.8, 4) is 28.4 Å². The second kappa shape index (κ2) is 10.5. The lowest BCUT2D eigenvalue weighted by molar-refractivity contribution is -0.136. The van der Waals surface area contributed by atoms with Crippen LogP contribution >= 0.6 is 0 Å². The van der Waals surface area contributed by atoms with Gasteiger partial charge in [-0.2, -0.15) is 0 Å². The normalized spacial score (nSPS) is 10.6. The minimum absolute atomic E-state index is 0.0560. The van der Waals surface area contributed by atoms with Gasteiger partial charge in [0.1, 0.15) is 17.2 Å². The van der Waals surface area contributed by atoms with Gasteiger partial charge in [-0.15, -0.1) is 0 Å². The predicted molar refractivity (Wildman–Crippen MR) is 119 cm³/mol. The molecular weight excluding hydrogens is 376 g/mol. The van der Waals surface area contributed by atoms with E-state index in [0.717, 1.165) is 35.3 Å². The Morgan fingerprint density at radius 3 is 2.40 bits per heavy atom. The first kappa shape index (κ1) is 21.4. The molecule has 0 spiro atoms. The lowest BCUT2D eigenvalue weighted by atomic mass is 10.00. The Labute approximate surface area is 178 Å². The first-order valence-electron chi connectivity index (χ1n) is 10.4. The molecule has 0 bridgehead atoms. The molecule has 0 aliphatic carbocycles. The number of unbranched alkanes of at least 4 members (excludes halogenated alkanes) is 1. The third-order valence-corrected chi connectivity index (χ3v) is 4.86. The molecule has 30 heavy (non-hydrogen) atoms. The van der Waals surface area contributed by atoms with Crippen LogP contribution in [-0.2, 0) is 11.2 Å². The van der Waals surface area contributed by atoms with Gasteiger partial charge >= 0.3 is 5.97 Å². The van der Waals surface area contributed by atoms with Crippen molar-refractivity contribution < 1.29 is 19.4 Å². The third-order valence-electron chi connectivity index (χ3n) is 4.86. The molecule has 156 valence electrons. The van der Waals surface area contributed by atoms with Gasteiger partial charge in [0, 0.05) is 12.5 Å². The van der Waals surface area contributed by atoms with E-state index in [2.05, 4.69) is 38.1 Å². The van der Waals surface area contributed by atoms with E-state index >= 15 is 0 Å². The molecule has 4 heteroatoms. The molecule has 0 saturated carbocycles. The molecule has 0 amide bonds. The molecule has 0 atom stereocenters. The molecule has 0 fully saturated rings. The van der Waals surface area contributed by atoms with Crippen molar-refractivity contribution in [2.45, 2.75) is 39.5 Å². The number of hydrogen-bond acceptors (Lipinski definition) is 3. The van der Waals surface area contributed by atoms with E-state index in [1.165, 1.54) is 5.56 Å². The maximum absolute atomic E-state index is 11.1. The van der Waals surface area contributed by atoms with Gasteiger partial charge in [0.05, 0.1) is 6.61 Å². The number of benzene rings is 3. The number of hydrogen-bond donors (Lipinski definition) is 1. The average Bonchev–Trinajstić information content (AvgIpc) is 2.74. The fourth-order valence-corrected chi connectivity index (χ4v) is 3.11. The molecular formula is C26H28O4. The molecule has 0 aliphatic heterocycles. The Balaban J connectivity index is 1.88. The van der Waals surface area contributed by atoms with Crippen LogP contribution in [0, 0.1) is 6.92 Å². The van der Waals surface area contributed by atoms with Gasteiger partial charge in [0.15, 0.2) is 0 Å². The summed E-state index contributed by atoms with van der Waals surface area (Å²) in [7, 11) is 0. The largest absolute Gasteiger partial charge is 0.493 e. The molecule has 0 aliphatic rings. The van der Waals surface area contributed by atoms with Crippen LogP contribution in [0.2, 0.25) is 0 Å². The summed E-state index contributed by atoms with van der Waals surface area (Å²) < 4.78 is 12.0. The van der Waals surface area contributed by atoms with Gasteiger partial charge in [-0.25, -0.2) is 0 Å². The summed E-state index contributed by atoms with van der Waals surface area (Å²) in [6.45, 7) is 4.86. The zero-order valence-electron chi connectivity index (χ0n) is 17.6. The van der Waals surface area contributed by atoms with E-state index in [-0.39, 0.29) is 6.42 Å². The first-order valence-corrected chi connectivity index (χ1v) is 10.4. The summed E-state index contributed by atoms with van der Waals surface area (Å²) in [5, 5.41) is 9.10. The van der Waals surface area contributed by atoms with Gasteiger partial charge in [-0.1, -0.05) is 61.4 Å². The smallest absolute Gasteiger partial charge is 0.303 e. The molecule has 3 aromatic carbocycles. The maximum atomic E-state index is 11.1. The number of carboxylic acid groups (broad SMARTS) is 1. The van der Waals surface area contributed by atoms with Crippen molar-refractivity contribution >= 4 is 5.97 Å². The number of aliphatic carboxylic acids is 1. The van der Waals surface area contributed by atoms with Gasteiger partial charge in [0.2, 0.25) is 0 Å². The van der Waals surface area contributed by atoms with Crippen LogP contribution in [-0.4, -0.2) is 17.7 Å². The highest BCUT2D eigenvalue weighted by atomic mass is 16.5. The van der Waals surface area contributed by atoms with Gasteiger partial charge in [-0.05, 0) is 54.7 Å². The molecule has 0 heterocycles. The Morgan fingerprint density at radius 2 is 1.67 bits per heavy atom. The molecule has 0 aromatic heterocycles. The number of carboxylic acids is 1. The highest BCUT2D eigenvalue weighted by Crippen LogP contribution is 2.33. The number of rotatable bonds is 10. The van der Waals surface area contributed by atoms with Crippen LogP contribution in [0.4, 0.5) is 0 Å². The van der Waals surface area contributed by atoms with Crippen LogP contribution in [0.15, 0.2) is 66.7 Å². The molecule has 0 saturated heterocycles. The predicted octanol–water partition coefficient (Wildman–Crippen LogP) is 6.65. The summed E-state index contributed by atoms with van der Waals surface area (Å²) >= 11 is 0. The van der Waals surface area contributed by atoms with Gasteiger partial charge in [0.25, 0.3) is 0 Å². The molecule has 3 rings (SSSR count). The van der Waals surface area contributed by atoms with Gasteiger partial charge < -0.3 is 14.6 Å². The highest BCUT2D eigenvalue weighted by molar-refractivity contribution is 5.69. The zero-order chi connectivity index (χ0) is 21.3.